The van der Waals surface area contributed by atoms with Gasteiger partial charge in [0, 0.05) is 17.1 Å². The van der Waals surface area contributed by atoms with Crippen LogP contribution >= 0.6 is 15.9 Å². The zero-order valence-corrected chi connectivity index (χ0v) is 13.0. The zero-order chi connectivity index (χ0) is 14.0. The molecule has 0 aromatic heterocycles. The first-order valence-electron chi connectivity index (χ1n) is 6.69. The van der Waals surface area contributed by atoms with Crippen molar-refractivity contribution < 1.29 is 9.90 Å². The van der Waals surface area contributed by atoms with Crippen molar-refractivity contribution in [2.75, 3.05) is 6.54 Å². The van der Waals surface area contributed by atoms with E-state index >= 15 is 0 Å². The van der Waals surface area contributed by atoms with Gasteiger partial charge in [-0.1, -0.05) is 28.1 Å². The van der Waals surface area contributed by atoms with Crippen LogP contribution in [0.15, 0.2) is 22.7 Å². The summed E-state index contributed by atoms with van der Waals surface area (Å²) in [6.07, 6.45) is 1.51. The fourth-order valence-electron chi connectivity index (χ4n) is 2.65. The maximum absolute atomic E-state index is 11.0. The van der Waals surface area contributed by atoms with Crippen LogP contribution in [0.25, 0.3) is 0 Å². The summed E-state index contributed by atoms with van der Waals surface area (Å²) in [6, 6.07) is 6.75. The quantitative estimate of drug-likeness (QED) is 0.925. The van der Waals surface area contributed by atoms with Crippen molar-refractivity contribution in [2.45, 2.75) is 39.3 Å². The van der Waals surface area contributed by atoms with E-state index in [2.05, 4.69) is 52.9 Å². The SMILES string of the molecule is Cc1ccc(CN2CCC(C(=O)O)CC2C)cc1Br. The third-order valence-electron chi connectivity index (χ3n) is 3.98. The molecule has 19 heavy (non-hydrogen) atoms. The lowest BCUT2D eigenvalue weighted by atomic mass is 9.91. The summed E-state index contributed by atoms with van der Waals surface area (Å²) >= 11 is 3.56. The van der Waals surface area contributed by atoms with Crippen molar-refractivity contribution in [1.82, 2.24) is 4.90 Å². The first-order valence-corrected chi connectivity index (χ1v) is 7.48. The molecule has 1 aromatic rings. The number of halogens is 1. The molecule has 1 aromatic carbocycles. The smallest absolute Gasteiger partial charge is 0.306 e. The Bertz CT molecular complexity index is 475. The number of carbonyl (C=O) groups is 1. The Kier molecular flexibility index (Phi) is 4.63. The van der Waals surface area contributed by atoms with Crippen LogP contribution in [0.5, 0.6) is 0 Å². The van der Waals surface area contributed by atoms with E-state index in [1.165, 1.54) is 11.1 Å². The molecule has 104 valence electrons. The van der Waals surface area contributed by atoms with Crippen molar-refractivity contribution in [2.24, 2.45) is 5.92 Å². The lowest BCUT2D eigenvalue weighted by Crippen LogP contribution is -2.42. The van der Waals surface area contributed by atoms with E-state index in [4.69, 9.17) is 5.11 Å². The molecule has 1 aliphatic heterocycles. The summed E-state index contributed by atoms with van der Waals surface area (Å²) in [5.41, 5.74) is 2.51. The molecule has 1 heterocycles. The normalized spacial score (nSPS) is 24.4. The van der Waals surface area contributed by atoms with Gasteiger partial charge in [-0.05, 0) is 50.4 Å². The Morgan fingerprint density at radius 3 is 2.84 bits per heavy atom. The van der Waals surface area contributed by atoms with Crippen molar-refractivity contribution in [3.8, 4) is 0 Å². The second kappa shape index (κ2) is 6.06. The molecule has 1 fully saturated rings. The Labute approximate surface area is 122 Å². The molecule has 2 unspecified atom stereocenters. The number of aryl methyl sites for hydroxylation is 1. The van der Waals surface area contributed by atoms with Gasteiger partial charge in [-0.2, -0.15) is 0 Å². The number of carboxylic acids is 1. The minimum atomic E-state index is -0.649. The minimum absolute atomic E-state index is 0.170. The Hall–Kier alpha value is -0.870. The molecule has 1 saturated heterocycles. The van der Waals surface area contributed by atoms with Crippen molar-refractivity contribution in [3.05, 3.63) is 33.8 Å². The Morgan fingerprint density at radius 2 is 2.26 bits per heavy atom. The van der Waals surface area contributed by atoms with Gasteiger partial charge in [0.25, 0.3) is 0 Å². The summed E-state index contributed by atoms with van der Waals surface area (Å²) in [5.74, 6) is -0.819. The molecule has 0 saturated carbocycles. The number of carboxylic acid groups (broad SMARTS) is 1. The lowest BCUT2D eigenvalue weighted by molar-refractivity contribution is -0.144. The van der Waals surface area contributed by atoms with Crippen LogP contribution in [0, 0.1) is 12.8 Å². The van der Waals surface area contributed by atoms with Gasteiger partial charge in [0.2, 0.25) is 0 Å². The van der Waals surface area contributed by atoms with Gasteiger partial charge in [-0.25, -0.2) is 0 Å². The number of aliphatic carboxylic acids is 1. The molecule has 0 amide bonds. The molecule has 0 aliphatic carbocycles. The van der Waals surface area contributed by atoms with Gasteiger partial charge in [0.05, 0.1) is 5.92 Å². The summed E-state index contributed by atoms with van der Waals surface area (Å²) in [7, 11) is 0. The van der Waals surface area contributed by atoms with Crippen molar-refractivity contribution in [1.29, 1.82) is 0 Å². The zero-order valence-electron chi connectivity index (χ0n) is 11.4. The number of hydrogen-bond donors (Lipinski definition) is 1. The summed E-state index contributed by atoms with van der Waals surface area (Å²) in [6.45, 7) is 5.96. The Balaban J connectivity index is 2.00. The highest BCUT2D eigenvalue weighted by atomic mass is 79.9. The molecular weight excluding hydrogens is 306 g/mol. The second-order valence-electron chi connectivity index (χ2n) is 5.46. The summed E-state index contributed by atoms with van der Waals surface area (Å²) in [4.78, 5) is 13.4. The molecule has 0 bridgehead atoms. The van der Waals surface area contributed by atoms with E-state index < -0.39 is 5.97 Å². The number of hydrogen-bond acceptors (Lipinski definition) is 2. The topological polar surface area (TPSA) is 40.5 Å². The minimum Gasteiger partial charge on any atom is -0.481 e. The predicted molar refractivity (Wildman–Crippen MR) is 79.1 cm³/mol. The molecule has 1 N–H and O–H groups in total. The number of piperidine rings is 1. The monoisotopic (exact) mass is 325 g/mol. The summed E-state index contributed by atoms with van der Waals surface area (Å²) < 4.78 is 1.14. The average molecular weight is 326 g/mol. The van der Waals surface area contributed by atoms with Gasteiger partial charge in [-0.3, -0.25) is 9.69 Å². The molecule has 3 nitrogen and oxygen atoms in total. The molecule has 2 rings (SSSR count). The number of rotatable bonds is 3. The van der Waals surface area contributed by atoms with Crippen LogP contribution in [0.3, 0.4) is 0 Å². The fourth-order valence-corrected chi connectivity index (χ4v) is 3.08. The van der Waals surface area contributed by atoms with Gasteiger partial charge in [0.1, 0.15) is 0 Å². The predicted octanol–water partition coefficient (Wildman–Crippen LogP) is 3.44. The van der Waals surface area contributed by atoms with Crippen LogP contribution < -0.4 is 0 Å². The van der Waals surface area contributed by atoms with Crippen molar-refractivity contribution in [3.63, 3.8) is 0 Å². The molecule has 0 spiro atoms. The molecule has 4 heteroatoms. The van der Waals surface area contributed by atoms with E-state index in [1.807, 2.05) is 0 Å². The highest BCUT2D eigenvalue weighted by molar-refractivity contribution is 9.10. The summed E-state index contributed by atoms with van der Waals surface area (Å²) in [5, 5.41) is 9.07. The van der Waals surface area contributed by atoms with Crippen LogP contribution in [-0.4, -0.2) is 28.6 Å². The van der Waals surface area contributed by atoms with Crippen LogP contribution in [0.2, 0.25) is 0 Å². The first kappa shape index (κ1) is 14.5. The number of nitrogens with zero attached hydrogens (tertiary/aromatic N) is 1. The van der Waals surface area contributed by atoms with Crippen LogP contribution in [0.1, 0.15) is 30.9 Å². The van der Waals surface area contributed by atoms with E-state index in [9.17, 15) is 4.79 Å². The molecule has 0 radical (unpaired) electrons. The first-order chi connectivity index (χ1) is 8.97. The Morgan fingerprint density at radius 1 is 1.53 bits per heavy atom. The van der Waals surface area contributed by atoms with Crippen LogP contribution in [-0.2, 0) is 11.3 Å². The number of benzene rings is 1. The standard InChI is InChI=1S/C15H20BrNO2/c1-10-3-4-12(8-14(10)16)9-17-6-5-13(15(18)19)7-11(17)2/h3-4,8,11,13H,5-7,9H2,1-2H3,(H,18,19). The maximum atomic E-state index is 11.0. The van der Waals surface area contributed by atoms with Gasteiger partial charge in [0.15, 0.2) is 0 Å². The van der Waals surface area contributed by atoms with E-state index in [1.54, 1.807) is 0 Å². The van der Waals surface area contributed by atoms with E-state index in [0.717, 1.165) is 30.4 Å². The average Bonchev–Trinajstić information content (AvgIpc) is 2.36. The highest BCUT2D eigenvalue weighted by Crippen LogP contribution is 2.25. The second-order valence-corrected chi connectivity index (χ2v) is 6.32. The third-order valence-corrected chi connectivity index (χ3v) is 4.84. The third kappa shape index (κ3) is 3.57. The van der Waals surface area contributed by atoms with E-state index in [0.29, 0.717) is 6.04 Å². The molecule has 2 atom stereocenters. The largest absolute Gasteiger partial charge is 0.481 e. The van der Waals surface area contributed by atoms with Crippen molar-refractivity contribution >= 4 is 21.9 Å². The molecular formula is C15H20BrNO2. The molecule has 1 aliphatic rings. The van der Waals surface area contributed by atoms with Gasteiger partial charge >= 0.3 is 5.97 Å². The van der Waals surface area contributed by atoms with E-state index in [-0.39, 0.29) is 5.92 Å². The van der Waals surface area contributed by atoms with Gasteiger partial charge in [-0.15, -0.1) is 0 Å². The maximum Gasteiger partial charge on any atom is 0.306 e. The van der Waals surface area contributed by atoms with Crippen LogP contribution in [0.4, 0.5) is 0 Å². The number of likely N-dealkylation sites (tertiary alicyclic amines) is 1. The van der Waals surface area contributed by atoms with Gasteiger partial charge < -0.3 is 5.11 Å². The fraction of sp³-hybridized carbons (Fsp3) is 0.533. The lowest BCUT2D eigenvalue weighted by Gasteiger charge is -2.36. The highest BCUT2D eigenvalue weighted by Gasteiger charge is 2.29.